The Hall–Kier alpha value is -3.00. The van der Waals surface area contributed by atoms with Crippen LogP contribution in [0, 0.1) is 25.5 Å². The highest BCUT2D eigenvalue weighted by atomic mass is 19.1. The highest BCUT2D eigenvalue weighted by Crippen LogP contribution is 2.34. The van der Waals surface area contributed by atoms with Gasteiger partial charge in [0, 0.05) is 5.56 Å². The monoisotopic (exact) mass is 592 g/mol. The van der Waals surface area contributed by atoms with Gasteiger partial charge in [0.25, 0.3) is 0 Å². The zero-order valence-corrected chi connectivity index (χ0v) is 28.8. The molecule has 0 nitrogen and oxygen atoms in total. The molecule has 0 heterocycles. The fourth-order valence-corrected chi connectivity index (χ4v) is 4.42. The fourth-order valence-electron chi connectivity index (χ4n) is 4.42. The van der Waals surface area contributed by atoms with Crippen molar-refractivity contribution in [2.45, 2.75) is 126 Å². The molecule has 0 amide bonds. The first kappa shape index (κ1) is 42.1. The molecule has 2 heteroatoms. The Balaban J connectivity index is 0. The summed E-state index contributed by atoms with van der Waals surface area (Å²) in [6.07, 6.45) is 16.6. The van der Waals surface area contributed by atoms with E-state index in [2.05, 4.69) is 66.0 Å². The van der Waals surface area contributed by atoms with E-state index in [0.29, 0.717) is 11.5 Å². The van der Waals surface area contributed by atoms with E-state index in [1.54, 1.807) is 24.3 Å². The predicted octanol–water partition coefficient (Wildman–Crippen LogP) is 14.3. The third-order valence-corrected chi connectivity index (χ3v) is 6.71. The largest absolute Gasteiger partial charge is 0.207 e. The minimum absolute atomic E-state index is 0.0481. The van der Waals surface area contributed by atoms with Crippen molar-refractivity contribution in [1.82, 2.24) is 0 Å². The molecule has 240 valence electrons. The number of unbranched alkanes of at least 4 members (excludes halogenated alkanes) is 3. The molecule has 0 aliphatic heterocycles. The quantitative estimate of drug-likeness (QED) is 0.250. The third-order valence-electron chi connectivity index (χ3n) is 6.71. The lowest BCUT2D eigenvalue weighted by Crippen LogP contribution is -2.06. The van der Waals surface area contributed by atoms with Gasteiger partial charge in [-0.15, -0.1) is 0 Å². The van der Waals surface area contributed by atoms with Crippen LogP contribution < -0.4 is 0 Å². The van der Waals surface area contributed by atoms with Crippen LogP contribution >= 0.6 is 0 Å². The van der Waals surface area contributed by atoms with Crippen LogP contribution in [-0.4, -0.2) is 0 Å². The van der Waals surface area contributed by atoms with Crippen molar-refractivity contribution in [2.24, 2.45) is 0 Å². The molecule has 0 spiro atoms. The maximum absolute atomic E-state index is 13.3. The van der Waals surface area contributed by atoms with Crippen molar-refractivity contribution in [3.63, 3.8) is 0 Å². The Labute approximate surface area is 265 Å². The van der Waals surface area contributed by atoms with Gasteiger partial charge in [-0.2, -0.15) is 0 Å². The van der Waals surface area contributed by atoms with Crippen LogP contribution in [0.1, 0.15) is 139 Å². The minimum Gasteiger partial charge on any atom is -0.207 e. The number of aryl methyl sites for hydroxylation is 1. The van der Waals surface area contributed by atoms with E-state index in [9.17, 15) is 8.78 Å². The standard InChI is InChI=1S/C13H17F.C9H10.C8H7F.C6H14.C3H8.C2H6/c1-10-12(8-5-9-13(10)14)11-6-3-2-4-7-11;1-3-9-6-4-5-8(2)7-9;1-2-7-5-3-4-6-8(7)9;1-3-5-6-4-2;1-3-2;1-2/h5,8-9,11H,2-4,6-7H2,1H3;3-7H,1H2,2H3;2-6H,1H2;3-6H2,1-2H3;3H2,1-2H3;1-2H3. The summed E-state index contributed by atoms with van der Waals surface area (Å²) in [6.45, 7) is 23.8. The highest BCUT2D eigenvalue weighted by molar-refractivity contribution is 5.48. The van der Waals surface area contributed by atoms with Gasteiger partial charge in [0.2, 0.25) is 0 Å². The van der Waals surface area contributed by atoms with E-state index < -0.39 is 0 Å². The molecule has 0 saturated heterocycles. The van der Waals surface area contributed by atoms with E-state index in [4.69, 9.17) is 0 Å². The van der Waals surface area contributed by atoms with Gasteiger partial charge in [-0.3, -0.25) is 0 Å². The van der Waals surface area contributed by atoms with Gasteiger partial charge in [-0.25, -0.2) is 8.78 Å². The van der Waals surface area contributed by atoms with Crippen LogP contribution in [0.25, 0.3) is 12.2 Å². The second-order valence-electron chi connectivity index (χ2n) is 10.5. The Bertz CT molecular complexity index is 1070. The normalized spacial score (nSPS) is 11.6. The van der Waals surface area contributed by atoms with E-state index in [0.717, 1.165) is 5.56 Å². The molecule has 1 fully saturated rings. The summed E-state index contributed by atoms with van der Waals surface area (Å²) in [5, 5.41) is 0. The minimum atomic E-state index is -0.215. The SMILES string of the molecule is C=Cc1cccc(C)c1.C=Cc1ccccc1F.CC.CCC.CCCCCC.Cc1c(F)cccc1C1CCCCC1. The Morgan fingerprint density at radius 2 is 1.23 bits per heavy atom. The Kier molecular flexibility index (Phi) is 28.5. The van der Waals surface area contributed by atoms with Crippen molar-refractivity contribution in [3.8, 4) is 0 Å². The van der Waals surface area contributed by atoms with Crippen LogP contribution in [0.4, 0.5) is 8.78 Å². The Morgan fingerprint density at radius 3 is 1.67 bits per heavy atom. The third kappa shape index (κ3) is 20.5. The number of benzene rings is 3. The summed E-state index contributed by atoms with van der Waals surface area (Å²) >= 11 is 0. The molecule has 0 atom stereocenters. The smallest absolute Gasteiger partial charge is 0.130 e. The lowest BCUT2D eigenvalue weighted by atomic mass is 9.82. The maximum atomic E-state index is 13.3. The summed E-state index contributed by atoms with van der Waals surface area (Å²) in [6, 6.07) is 20.3. The van der Waals surface area contributed by atoms with Gasteiger partial charge in [-0.1, -0.05) is 178 Å². The predicted molar refractivity (Wildman–Crippen MR) is 192 cm³/mol. The Morgan fingerprint density at radius 1 is 0.698 bits per heavy atom. The van der Waals surface area contributed by atoms with Crippen LogP contribution in [0.5, 0.6) is 0 Å². The number of hydrogen-bond donors (Lipinski definition) is 0. The number of rotatable bonds is 6. The average Bonchev–Trinajstić information content (AvgIpc) is 3.04. The average molecular weight is 593 g/mol. The van der Waals surface area contributed by atoms with E-state index in [-0.39, 0.29) is 11.6 Å². The molecule has 1 aliphatic carbocycles. The van der Waals surface area contributed by atoms with E-state index in [1.165, 1.54) is 93.0 Å². The molecular formula is C41H62F2. The van der Waals surface area contributed by atoms with Crippen molar-refractivity contribution < 1.29 is 8.78 Å². The van der Waals surface area contributed by atoms with E-state index >= 15 is 0 Å². The van der Waals surface area contributed by atoms with Gasteiger partial charge < -0.3 is 0 Å². The van der Waals surface area contributed by atoms with Crippen molar-refractivity contribution in [2.75, 3.05) is 0 Å². The molecule has 3 aromatic carbocycles. The maximum Gasteiger partial charge on any atom is 0.130 e. The molecular weight excluding hydrogens is 530 g/mol. The molecule has 1 aliphatic rings. The summed E-state index contributed by atoms with van der Waals surface area (Å²) in [5.74, 6) is 0.347. The lowest BCUT2D eigenvalue weighted by molar-refractivity contribution is 0.440. The van der Waals surface area contributed by atoms with Crippen LogP contribution in [0.2, 0.25) is 0 Å². The molecule has 0 bridgehead atoms. The van der Waals surface area contributed by atoms with Gasteiger partial charge in [-0.05, 0) is 61.4 Å². The molecule has 0 radical (unpaired) electrons. The van der Waals surface area contributed by atoms with Crippen molar-refractivity contribution in [3.05, 3.63) is 119 Å². The first-order valence-electron chi connectivity index (χ1n) is 16.6. The molecule has 43 heavy (non-hydrogen) atoms. The van der Waals surface area contributed by atoms with E-state index in [1.807, 2.05) is 45.0 Å². The van der Waals surface area contributed by atoms with Crippen molar-refractivity contribution >= 4 is 12.2 Å². The second kappa shape index (κ2) is 29.1. The summed E-state index contributed by atoms with van der Waals surface area (Å²) < 4.78 is 25.9. The fraction of sp³-hybridized carbons (Fsp3) is 0.463. The summed E-state index contributed by atoms with van der Waals surface area (Å²) in [5.41, 5.74) is 5.13. The molecule has 1 saturated carbocycles. The zero-order valence-electron chi connectivity index (χ0n) is 28.8. The van der Waals surface area contributed by atoms with Gasteiger partial charge >= 0.3 is 0 Å². The van der Waals surface area contributed by atoms with Crippen LogP contribution in [-0.2, 0) is 0 Å². The molecule has 0 aromatic heterocycles. The molecule has 0 N–H and O–H groups in total. The first-order valence-corrected chi connectivity index (χ1v) is 16.6. The zero-order chi connectivity index (χ0) is 32.9. The molecule has 4 rings (SSSR count). The van der Waals surface area contributed by atoms with Gasteiger partial charge in [0.1, 0.15) is 11.6 Å². The number of hydrogen-bond acceptors (Lipinski definition) is 0. The second-order valence-corrected chi connectivity index (χ2v) is 10.5. The number of halogens is 2. The van der Waals surface area contributed by atoms with Crippen LogP contribution in [0.3, 0.4) is 0 Å². The van der Waals surface area contributed by atoms with Crippen molar-refractivity contribution in [1.29, 1.82) is 0 Å². The van der Waals surface area contributed by atoms with Gasteiger partial charge in [0.15, 0.2) is 0 Å². The van der Waals surface area contributed by atoms with Gasteiger partial charge in [0.05, 0.1) is 0 Å². The summed E-state index contributed by atoms with van der Waals surface area (Å²) in [4.78, 5) is 0. The molecule has 3 aromatic rings. The lowest BCUT2D eigenvalue weighted by Gasteiger charge is -2.23. The topological polar surface area (TPSA) is 0 Å². The summed E-state index contributed by atoms with van der Waals surface area (Å²) in [7, 11) is 0. The molecule has 0 unspecified atom stereocenters. The first-order chi connectivity index (χ1) is 20.8. The highest BCUT2D eigenvalue weighted by Gasteiger charge is 2.18. The van der Waals surface area contributed by atoms with Crippen LogP contribution in [0.15, 0.2) is 79.9 Å².